The lowest BCUT2D eigenvalue weighted by molar-refractivity contribution is -0.148. The van der Waals surface area contributed by atoms with Gasteiger partial charge in [-0.05, 0) is 88.5 Å². The minimum atomic E-state index is -0.983. The number of carboxylic acid groups (broad SMARTS) is 1. The number of thiazole rings is 1. The Morgan fingerprint density at radius 2 is 1.56 bits per heavy atom. The molecule has 0 fully saturated rings. The Hall–Kier alpha value is -5.45. The van der Waals surface area contributed by atoms with Crippen molar-refractivity contribution >= 4 is 79.5 Å². The van der Waals surface area contributed by atoms with Crippen LogP contribution in [0.25, 0.3) is 10.2 Å². The summed E-state index contributed by atoms with van der Waals surface area (Å²) in [6.45, 7) is 2.73. The minimum absolute atomic E-state index is 0.0730. The van der Waals surface area contributed by atoms with Gasteiger partial charge in [0.15, 0.2) is 11.8 Å². The van der Waals surface area contributed by atoms with E-state index in [1.165, 1.54) is 30.0 Å². The number of aromatic nitrogens is 1. The third-order valence-corrected chi connectivity index (χ3v) is 12.6. The number of amides is 3. The number of thioether (sulfide) groups is 1. The van der Waals surface area contributed by atoms with E-state index in [9.17, 15) is 33.9 Å². The van der Waals surface area contributed by atoms with E-state index in [-0.39, 0.29) is 43.5 Å². The number of carbonyl (C=O) groups excluding carboxylic acids is 5. The van der Waals surface area contributed by atoms with Gasteiger partial charge in [-0.15, -0.1) is 23.1 Å². The molecule has 0 spiro atoms. The molecule has 4 N–H and O–H groups in total. The van der Waals surface area contributed by atoms with Gasteiger partial charge in [0, 0.05) is 37.2 Å². The first-order valence-electron chi connectivity index (χ1n) is 21.0. The van der Waals surface area contributed by atoms with Crippen LogP contribution in [0.4, 0.5) is 5.69 Å². The van der Waals surface area contributed by atoms with Crippen LogP contribution in [0.3, 0.4) is 0 Å². The maximum Gasteiger partial charge on any atom is 0.329 e. The number of carbonyl (C=O) groups is 6. The van der Waals surface area contributed by atoms with E-state index in [0.717, 1.165) is 28.8 Å². The zero-order valence-electron chi connectivity index (χ0n) is 35.5. The van der Waals surface area contributed by atoms with Gasteiger partial charge in [0.2, 0.25) is 17.7 Å². The van der Waals surface area contributed by atoms with E-state index in [1.807, 2.05) is 74.8 Å². The molecule has 62 heavy (non-hydrogen) atoms. The predicted molar refractivity (Wildman–Crippen MR) is 243 cm³/mol. The molecule has 0 bridgehead atoms. The second-order valence-electron chi connectivity index (χ2n) is 15.7. The Balaban J connectivity index is 1.32. The summed E-state index contributed by atoms with van der Waals surface area (Å²) >= 11 is 2.70. The minimum Gasteiger partial charge on any atom is -0.480 e. The average Bonchev–Trinajstić information content (AvgIpc) is 3.92. The number of ketones is 1. The number of aliphatic carboxylic acids is 1. The smallest absolute Gasteiger partial charge is 0.329 e. The Morgan fingerprint density at radius 1 is 0.855 bits per heavy atom. The highest BCUT2D eigenvalue weighted by atomic mass is 32.2. The van der Waals surface area contributed by atoms with Crippen molar-refractivity contribution in [2.75, 3.05) is 38.3 Å². The number of hydrogen-bond acceptors (Lipinski definition) is 12. The molecule has 5 rings (SSSR count). The molecule has 0 radical (unpaired) electrons. The summed E-state index contributed by atoms with van der Waals surface area (Å²) in [6, 6.07) is 22.3. The molecule has 0 saturated carbocycles. The van der Waals surface area contributed by atoms with Gasteiger partial charge < -0.3 is 30.7 Å². The number of rotatable bonds is 25. The van der Waals surface area contributed by atoms with Crippen LogP contribution in [0.5, 0.6) is 0 Å². The summed E-state index contributed by atoms with van der Waals surface area (Å²) in [5, 5.41) is 19.3. The third-order valence-electron chi connectivity index (χ3n) is 10.4. The van der Waals surface area contributed by atoms with Crippen LogP contribution >= 0.6 is 23.1 Å². The maximum absolute atomic E-state index is 14.4. The highest BCUT2D eigenvalue weighted by Crippen LogP contribution is 2.32. The molecule has 330 valence electrons. The van der Waals surface area contributed by atoms with Gasteiger partial charge in [0.25, 0.3) is 0 Å². The third kappa shape index (κ3) is 15.5. The molecule has 1 aliphatic heterocycles. The molecule has 4 aromatic rings. The highest BCUT2D eigenvalue weighted by molar-refractivity contribution is 8.15. The lowest BCUT2D eigenvalue weighted by atomic mass is 9.90. The van der Waals surface area contributed by atoms with Gasteiger partial charge in [0.05, 0.1) is 28.6 Å². The molecule has 3 aromatic carbocycles. The van der Waals surface area contributed by atoms with Crippen molar-refractivity contribution in [2.24, 2.45) is 16.8 Å². The number of hydrogen-bond donors (Lipinski definition) is 4. The number of esters is 1. The van der Waals surface area contributed by atoms with Crippen molar-refractivity contribution in [2.45, 2.75) is 83.4 Å². The van der Waals surface area contributed by atoms with Crippen LogP contribution in [-0.2, 0) is 46.5 Å². The maximum atomic E-state index is 14.4. The van der Waals surface area contributed by atoms with Gasteiger partial charge in [-0.2, -0.15) is 0 Å². The molecular formula is C46H56N6O8S2. The second-order valence-corrected chi connectivity index (χ2v) is 17.8. The first kappa shape index (κ1) is 47.6. The Labute approximate surface area is 370 Å². The fourth-order valence-corrected chi connectivity index (χ4v) is 9.08. The highest BCUT2D eigenvalue weighted by Gasteiger charge is 2.31. The number of Topliss-reactive ketones (excluding diaryl/α,β-unsaturated/α-hetero) is 1. The summed E-state index contributed by atoms with van der Waals surface area (Å²) in [7, 11) is 3.94. The predicted octanol–water partition coefficient (Wildman–Crippen LogP) is 6.27. The average molecular weight is 885 g/mol. The normalized spacial score (nSPS) is 15.0. The van der Waals surface area contributed by atoms with Gasteiger partial charge in [-0.1, -0.05) is 67.1 Å². The molecule has 14 nitrogen and oxygen atoms in total. The first-order chi connectivity index (χ1) is 29.8. The lowest BCUT2D eigenvalue weighted by Gasteiger charge is -2.24. The summed E-state index contributed by atoms with van der Waals surface area (Å²) in [6.07, 6.45) is 3.24. The quantitative estimate of drug-likeness (QED) is 0.0433. The van der Waals surface area contributed by atoms with E-state index in [0.29, 0.717) is 65.7 Å². The van der Waals surface area contributed by atoms with Crippen LogP contribution in [0.2, 0.25) is 0 Å². The van der Waals surface area contributed by atoms with Crippen molar-refractivity contribution in [3.63, 3.8) is 0 Å². The summed E-state index contributed by atoms with van der Waals surface area (Å²) in [5.41, 5.74) is 2.87. The molecule has 1 aliphatic rings. The van der Waals surface area contributed by atoms with Crippen molar-refractivity contribution in [1.29, 1.82) is 0 Å². The number of benzene rings is 3. The molecule has 2 heterocycles. The van der Waals surface area contributed by atoms with Gasteiger partial charge in [-0.3, -0.25) is 29.0 Å². The van der Waals surface area contributed by atoms with Crippen LogP contribution < -0.4 is 16.0 Å². The number of anilines is 1. The van der Waals surface area contributed by atoms with E-state index in [4.69, 9.17) is 4.74 Å². The monoisotopic (exact) mass is 884 g/mol. The number of nitrogens with zero attached hydrogens (tertiary/aromatic N) is 3. The van der Waals surface area contributed by atoms with Crippen molar-refractivity contribution in [3.8, 4) is 0 Å². The molecule has 0 unspecified atom stereocenters. The van der Waals surface area contributed by atoms with Crippen LogP contribution in [0.1, 0.15) is 74.4 Å². The topological polar surface area (TPSA) is 196 Å². The van der Waals surface area contributed by atoms with Crippen molar-refractivity contribution in [1.82, 2.24) is 20.5 Å². The molecule has 3 amide bonds. The fourth-order valence-electron chi connectivity index (χ4n) is 6.98. The summed E-state index contributed by atoms with van der Waals surface area (Å²) in [4.78, 5) is 89.7. The van der Waals surface area contributed by atoms with Gasteiger partial charge in [-0.25, -0.2) is 9.78 Å². The molecule has 1 aromatic heterocycles. The molecular weight excluding hydrogens is 829 g/mol. The van der Waals surface area contributed by atoms with E-state index >= 15 is 0 Å². The van der Waals surface area contributed by atoms with Gasteiger partial charge >= 0.3 is 11.9 Å². The molecule has 4 atom stereocenters. The molecule has 0 aliphatic carbocycles. The number of aliphatic imine (C=N–C) groups is 1. The SMILES string of the molecule is CC(=O)NCCCC[C@H](CC(=O)[C@H](CCCCN(C)C)NC(=O)[C@@H](CC(=O)OCc1ccccc1)Cc1ccccc1)C(=O)Nc1ccc2nc(C3=N[C@@H](C(=O)O)CS3)sc2c1. The zero-order valence-corrected chi connectivity index (χ0v) is 37.1. The number of carboxylic acids is 1. The number of unbranched alkanes of at least 4 members (excludes halogenated alkanes) is 2. The van der Waals surface area contributed by atoms with E-state index in [1.54, 1.807) is 18.2 Å². The second kappa shape index (κ2) is 24.3. The Morgan fingerprint density at radius 3 is 2.24 bits per heavy atom. The van der Waals surface area contributed by atoms with E-state index in [2.05, 4.69) is 30.8 Å². The molecule has 16 heteroatoms. The van der Waals surface area contributed by atoms with E-state index < -0.39 is 41.8 Å². The number of nitrogens with one attached hydrogen (secondary N) is 3. The van der Waals surface area contributed by atoms with Crippen molar-refractivity contribution < 1.29 is 38.6 Å². The Bertz CT molecular complexity index is 2180. The lowest BCUT2D eigenvalue weighted by Crippen LogP contribution is -2.45. The summed E-state index contributed by atoms with van der Waals surface area (Å²) in [5.74, 6) is -3.97. The van der Waals surface area contributed by atoms with Crippen LogP contribution in [0, 0.1) is 11.8 Å². The number of fused-ring (bicyclic) bond motifs is 1. The largest absolute Gasteiger partial charge is 0.480 e. The Kier molecular flexibility index (Phi) is 18.6. The van der Waals surface area contributed by atoms with Crippen LogP contribution in [-0.4, -0.2) is 100 Å². The van der Waals surface area contributed by atoms with Crippen molar-refractivity contribution in [3.05, 3.63) is 95.0 Å². The zero-order chi connectivity index (χ0) is 44.4. The van der Waals surface area contributed by atoms with Gasteiger partial charge in [0.1, 0.15) is 16.7 Å². The standard InChI is InChI=1S/C46H56N6O8S2/c1-30(53)47-22-12-10-18-33(42(56)48-35-20-21-37-40(27-35)62-45(50-37)44-51-38(29-61-44)46(58)59)25-39(54)36(19-11-13-23-52(2)3)49-43(57)34(24-31-14-6-4-7-15-31)26-41(55)60-28-32-16-8-5-9-17-32/h4-9,14-17,20-21,27,33-34,36,38H,10-13,18-19,22-26,28-29H2,1-3H3,(H,47,53)(H,48,56)(H,49,57)(H,58,59)/t33-,34-,36+,38-/m1/s1. The summed E-state index contributed by atoms with van der Waals surface area (Å²) < 4.78 is 6.34. The number of ether oxygens (including phenoxy) is 1. The molecule has 0 saturated heterocycles. The first-order valence-corrected chi connectivity index (χ1v) is 22.8. The van der Waals surface area contributed by atoms with Crippen LogP contribution in [0.15, 0.2) is 83.9 Å². The fraction of sp³-hybridized carbons (Fsp3) is 0.435.